The van der Waals surface area contributed by atoms with Crippen molar-refractivity contribution >= 4 is 46.5 Å². The van der Waals surface area contributed by atoms with Crippen LogP contribution in [0.2, 0.25) is 0 Å². The number of nitrogens with one attached hydrogen (secondary N) is 1. The highest BCUT2D eigenvalue weighted by Crippen LogP contribution is 2.32. The number of amides is 3. The zero-order valence-corrected chi connectivity index (χ0v) is 19.4. The molecule has 0 aliphatic carbocycles. The monoisotopic (exact) mass is 468 g/mol. The van der Waals surface area contributed by atoms with E-state index in [0.717, 1.165) is 27.8 Å². The van der Waals surface area contributed by atoms with Gasteiger partial charge in [0, 0.05) is 5.69 Å². The van der Waals surface area contributed by atoms with Crippen LogP contribution in [-0.2, 0) is 19.1 Å². The molecule has 1 heterocycles. The molecule has 0 radical (unpaired) electrons. The SMILES string of the molecule is CCOC(=O)CN1C(=O)SC(=Cc2cccc(OCC(=O)Nc3ccc(C)c(C)c3)c2)C1=O. The Hall–Kier alpha value is -3.59. The standard InChI is InChI=1S/C24H24N2O6S/c1-4-31-22(28)13-26-23(29)20(33-24(26)30)12-17-6-5-7-19(11-17)32-14-21(27)25-18-9-8-15(2)16(3)10-18/h5-12H,4,13-14H2,1-3H3,(H,25,27). The lowest BCUT2D eigenvalue weighted by molar-refractivity contribution is -0.146. The zero-order valence-electron chi connectivity index (χ0n) is 18.5. The van der Waals surface area contributed by atoms with Crippen LogP contribution >= 0.6 is 11.8 Å². The molecule has 3 rings (SSSR count). The lowest BCUT2D eigenvalue weighted by Crippen LogP contribution is -2.34. The number of imide groups is 1. The smallest absolute Gasteiger partial charge is 0.326 e. The Morgan fingerprint density at radius 3 is 2.61 bits per heavy atom. The average molecular weight is 469 g/mol. The van der Waals surface area contributed by atoms with Gasteiger partial charge in [0.2, 0.25) is 0 Å². The third kappa shape index (κ3) is 6.45. The van der Waals surface area contributed by atoms with Gasteiger partial charge in [-0.25, -0.2) is 0 Å². The highest BCUT2D eigenvalue weighted by Gasteiger charge is 2.36. The Balaban J connectivity index is 1.61. The third-order valence-corrected chi connectivity index (χ3v) is 5.69. The van der Waals surface area contributed by atoms with Crippen molar-refractivity contribution in [1.82, 2.24) is 4.90 Å². The van der Waals surface area contributed by atoms with Crippen LogP contribution in [0.15, 0.2) is 47.4 Å². The minimum absolute atomic E-state index is 0.167. The lowest BCUT2D eigenvalue weighted by Gasteiger charge is -2.11. The van der Waals surface area contributed by atoms with Gasteiger partial charge in [-0.05, 0) is 79.6 Å². The van der Waals surface area contributed by atoms with Crippen LogP contribution in [0.25, 0.3) is 6.08 Å². The van der Waals surface area contributed by atoms with Crippen LogP contribution in [-0.4, -0.2) is 47.7 Å². The fraction of sp³-hybridized carbons (Fsp3) is 0.250. The van der Waals surface area contributed by atoms with E-state index in [-0.39, 0.29) is 24.0 Å². The number of rotatable bonds is 8. The average Bonchev–Trinajstić information content (AvgIpc) is 3.02. The molecule has 2 aromatic carbocycles. The second-order valence-electron chi connectivity index (χ2n) is 7.28. The molecule has 2 aromatic rings. The van der Waals surface area contributed by atoms with Gasteiger partial charge in [0.25, 0.3) is 17.1 Å². The summed E-state index contributed by atoms with van der Waals surface area (Å²) in [6, 6.07) is 12.4. The molecule has 3 amide bonds. The second-order valence-corrected chi connectivity index (χ2v) is 8.27. The van der Waals surface area contributed by atoms with Gasteiger partial charge in [-0.1, -0.05) is 18.2 Å². The molecule has 0 bridgehead atoms. The van der Waals surface area contributed by atoms with Crippen molar-refractivity contribution in [3.05, 3.63) is 64.1 Å². The third-order valence-electron chi connectivity index (χ3n) is 4.78. The number of hydrogen-bond donors (Lipinski definition) is 1. The lowest BCUT2D eigenvalue weighted by atomic mass is 10.1. The molecule has 172 valence electrons. The van der Waals surface area contributed by atoms with Crippen molar-refractivity contribution in [2.75, 3.05) is 25.1 Å². The summed E-state index contributed by atoms with van der Waals surface area (Å²) in [6.45, 7) is 5.17. The number of esters is 1. The Morgan fingerprint density at radius 2 is 1.88 bits per heavy atom. The van der Waals surface area contributed by atoms with Crippen molar-refractivity contribution in [3.63, 3.8) is 0 Å². The first-order valence-electron chi connectivity index (χ1n) is 10.3. The molecule has 1 fully saturated rings. The normalized spacial score (nSPS) is 14.5. The molecule has 0 aromatic heterocycles. The van der Waals surface area contributed by atoms with Crippen molar-refractivity contribution in [1.29, 1.82) is 0 Å². The molecular weight excluding hydrogens is 444 g/mol. The molecule has 8 nitrogen and oxygen atoms in total. The van der Waals surface area contributed by atoms with Gasteiger partial charge in [0.05, 0.1) is 11.5 Å². The van der Waals surface area contributed by atoms with E-state index in [1.165, 1.54) is 6.08 Å². The summed E-state index contributed by atoms with van der Waals surface area (Å²) in [7, 11) is 0. The van der Waals surface area contributed by atoms with Crippen LogP contribution in [0.1, 0.15) is 23.6 Å². The zero-order chi connectivity index (χ0) is 24.0. The minimum Gasteiger partial charge on any atom is -0.484 e. The molecule has 0 spiro atoms. The van der Waals surface area contributed by atoms with E-state index in [4.69, 9.17) is 9.47 Å². The van der Waals surface area contributed by atoms with E-state index < -0.39 is 23.7 Å². The van der Waals surface area contributed by atoms with Crippen molar-refractivity contribution in [3.8, 4) is 5.75 Å². The first-order valence-corrected chi connectivity index (χ1v) is 11.1. The number of carbonyl (C=O) groups excluding carboxylic acids is 4. The molecule has 0 atom stereocenters. The molecular formula is C24H24N2O6S. The molecule has 0 saturated carbocycles. The summed E-state index contributed by atoms with van der Waals surface area (Å²) in [4.78, 5) is 49.5. The summed E-state index contributed by atoms with van der Waals surface area (Å²) >= 11 is 0.750. The Morgan fingerprint density at radius 1 is 1.09 bits per heavy atom. The van der Waals surface area contributed by atoms with Gasteiger partial charge >= 0.3 is 5.97 Å². The van der Waals surface area contributed by atoms with Crippen LogP contribution in [0.5, 0.6) is 5.75 Å². The number of ether oxygens (including phenoxy) is 2. The first-order chi connectivity index (χ1) is 15.8. The predicted molar refractivity (Wildman–Crippen MR) is 126 cm³/mol. The summed E-state index contributed by atoms with van der Waals surface area (Å²) < 4.78 is 10.4. The molecule has 1 N–H and O–H groups in total. The number of aryl methyl sites for hydroxylation is 2. The number of nitrogens with zero attached hydrogens (tertiary/aromatic N) is 1. The van der Waals surface area contributed by atoms with Crippen LogP contribution in [0.4, 0.5) is 10.5 Å². The van der Waals surface area contributed by atoms with Gasteiger partial charge in [0.1, 0.15) is 12.3 Å². The first kappa shape index (κ1) is 24.1. The fourth-order valence-electron chi connectivity index (χ4n) is 2.98. The van der Waals surface area contributed by atoms with E-state index >= 15 is 0 Å². The molecule has 1 aliphatic heterocycles. The number of benzene rings is 2. The Kier molecular flexibility index (Phi) is 7.89. The fourth-order valence-corrected chi connectivity index (χ4v) is 3.82. The van der Waals surface area contributed by atoms with E-state index in [9.17, 15) is 19.2 Å². The van der Waals surface area contributed by atoms with Crippen molar-refractivity contribution < 1.29 is 28.7 Å². The van der Waals surface area contributed by atoms with Gasteiger partial charge in [-0.2, -0.15) is 0 Å². The molecule has 0 unspecified atom stereocenters. The van der Waals surface area contributed by atoms with Crippen LogP contribution < -0.4 is 10.1 Å². The summed E-state index contributed by atoms with van der Waals surface area (Å²) in [5.41, 5.74) is 3.52. The summed E-state index contributed by atoms with van der Waals surface area (Å²) in [5.74, 6) is -1.07. The second kappa shape index (κ2) is 10.8. The highest BCUT2D eigenvalue weighted by molar-refractivity contribution is 8.18. The van der Waals surface area contributed by atoms with Gasteiger partial charge in [0.15, 0.2) is 6.61 Å². The highest BCUT2D eigenvalue weighted by atomic mass is 32.2. The summed E-state index contributed by atoms with van der Waals surface area (Å²) in [6.07, 6.45) is 1.54. The maximum absolute atomic E-state index is 12.5. The van der Waals surface area contributed by atoms with Gasteiger partial charge in [-0.3, -0.25) is 24.1 Å². The topological polar surface area (TPSA) is 102 Å². The van der Waals surface area contributed by atoms with E-state index in [2.05, 4.69) is 5.32 Å². The maximum atomic E-state index is 12.5. The number of thioether (sulfide) groups is 1. The van der Waals surface area contributed by atoms with Crippen molar-refractivity contribution in [2.24, 2.45) is 0 Å². The van der Waals surface area contributed by atoms with Crippen molar-refractivity contribution in [2.45, 2.75) is 20.8 Å². The predicted octanol–water partition coefficient (Wildman–Crippen LogP) is 3.92. The molecule has 33 heavy (non-hydrogen) atoms. The number of hydrogen-bond acceptors (Lipinski definition) is 7. The summed E-state index contributed by atoms with van der Waals surface area (Å²) in [5, 5.41) is 2.26. The Bertz CT molecular complexity index is 1130. The Labute approximate surface area is 195 Å². The van der Waals surface area contributed by atoms with Gasteiger partial charge < -0.3 is 14.8 Å². The van der Waals surface area contributed by atoms with Crippen LogP contribution in [0.3, 0.4) is 0 Å². The quantitative estimate of drug-likeness (QED) is 0.463. The number of carbonyl (C=O) groups is 4. The maximum Gasteiger partial charge on any atom is 0.326 e. The van der Waals surface area contributed by atoms with E-state index in [1.54, 1.807) is 31.2 Å². The van der Waals surface area contributed by atoms with Crippen LogP contribution in [0, 0.1) is 13.8 Å². The van der Waals surface area contributed by atoms with E-state index in [0.29, 0.717) is 17.0 Å². The van der Waals surface area contributed by atoms with E-state index in [1.807, 2.05) is 32.0 Å². The molecule has 9 heteroatoms. The minimum atomic E-state index is -0.643. The molecule has 1 aliphatic rings. The number of anilines is 1. The molecule has 1 saturated heterocycles. The largest absolute Gasteiger partial charge is 0.484 e. The van der Waals surface area contributed by atoms with Gasteiger partial charge in [-0.15, -0.1) is 0 Å².